The second kappa shape index (κ2) is 8.52. The van der Waals surface area contributed by atoms with Gasteiger partial charge in [-0.3, -0.25) is 4.79 Å². The molecule has 0 saturated carbocycles. The molecule has 0 aliphatic heterocycles. The fourth-order valence-electron chi connectivity index (χ4n) is 4.59. The molecular weight excluding hydrogens is 390 g/mol. The number of nitrogens with zero attached hydrogens (tertiary/aromatic N) is 1. The van der Waals surface area contributed by atoms with Crippen molar-refractivity contribution in [2.75, 3.05) is 0 Å². The van der Waals surface area contributed by atoms with E-state index in [-0.39, 0.29) is 0 Å². The molecule has 0 spiro atoms. The molecule has 0 atom stereocenters. The third kappa shape index (κ3) is 3.36. The summed E-state index contributed by atoms with van der Waals surface area (Å²) in [6.07, 6.45) is 4.63. The van der Waals surface area contributed by atoms with Crippen LogP contribution in [-0.2, 0) is 5.41 Å². The molecule has 5 aromatic rings. The van der Waals surface area contributed by atoms with Crippen molar-refractivity contribution in [1.82, 2.24) is 4.57 Å². The number of carbonyl (C=O) groups is 1. The maximum absolute atomic E-state index is 11.1. The summed E-state index contributed by atoms with van der Waals surface area (Å²) in [5.41, 5.74) is 6.07. The van der Waals surface area contributed by atoms with Gasteiger partial charge in [0.1, 0.15) is 0 Å². The van der Waals surface area contributed by atoms with E-state index < -0.39 is 5.41 Å². The van der Waals surface area contributed by atoms with E-state index in [0.717, 1.165) is 12.0 Å². The summed E-state index contributed by atoms with van der Waals surface area (Å²) in [7, 11) is 0. The van der Waals surface area contributed by atoms with Crippen LogP contribution in [0.1, 0.15) is 32.6 Å². The predicted octanol–water partition coefficient (Wildman–Crippen LogP) is 6.67. The summed E-state index contributed by atoms with van der Waals surface area (Å²) in [5, 5.41) is 0. The van der Waals surface area contributed by atoms with Crippen LogP contribution in [0.2, 0.25) is 0 Å². The number of carbonyl (C=O) groups excluding carboxylic acids is 1. The van der Waals surface area contributed by atoms with E-state index in [1.165, 1.54) is 22.3 Å². The normalized spacial score (nSPS) is 11.2. The highest BCUT2D eigenvalue weighted by molar-refractivity contribution is 5.74. The predicted molar refractivity (Wildman–Crippen MR) is 129 cm³/mol. The number of hydrogen-bond donors (Lipinski definition) is 0. The molecular formula is C30H23NO. The highest BCUT2D eigenvalue weighted by atomic mass is 16.1. The third-order valence-electron chi connectivity index (χ3n) is 6.07. The van der Waals surface area contributed by atoms with Gasteiger partial charge in [0, 0.05) is 23.6 Å². The van der Waals surface area contributed by atoms with Crippen LogP contribution in [0.15, 0.2) is 134 Å². The first kappa shape index (κ1) is 19.8. The zero-order valence-corrected chi connectivity index (χ0v) is 17.6. The van der Waals surface area contributed by atoms with Crippen molar-refractivity contribution in [1.29, 1.82) is 0 Å². The average Bonchev–Trinajstić information content (AvgIpc) is 3.37. The fourth-order valence-corrected chi connectivity index (χ4v) is 4.59. The van der Waals surface area contributed by atoms with Crippen LogP contribution in [0, 0.1) is 0 Å². The van der Waals surface area contributed by atoms with Gasteiger partial charge < -0.3 is 4.57 Å². The Bertz CT molecular complexity index is 1210. The van der Waals surface area contributed by atoms with E-state index in [2.05, 4.69) is 115 Å². The Kier molecular flexibility index (Phi) is 5.27. The molecule has 0 saturated heterocycles. The van der Waals surface area contributed by atoms with Crippen LogP contribution in [0.4, 0.5) is 0 Å². The number of aromatic nitrogens is 1. The van der Waals surface area contributed by atoms with Gasteiger partial charge in [0.2, 0.25) is 0 Å². The van der Waals surface area contributed by atoms with Gasteiger partial charge in [0.05, 0.1) is 5.41 Å². The van der Waals surface area contributed by atoms with E-state index in [1.54, 1.807) is 0 Å². The Morgan fingerprint density at radius 2 is 0.969 bits per heavy atom. The van der Waals surface area contributed by atoms with Gasteiger partial charge >= 0.3 is 0 Å². The molecule has 5 rings (SSSR count). The van der Waals surface area contributed by atoms with Gasteiger partial charge in [0.25, 0.3) is 0 Å². The summed E-state index contributed by atoms with van der Waals surface area (Å²) in [4.78, 5) is 11.1. The van der Waals surface area contributed by atoms with Crippen LogP contribution in [-0.4, -0.2) is 10.9 Å². The second-order valence-electron chi connectivity index (χ2n) is 7.86. The molecule has 1 aromatic heterocycles. The summed E-state index contributed by atoms with van der Waals surface area (Å²) >= 11 is 0. The minimum absolute atomic E-state index is 0.451. The Labute approximate surface area is 188 Å². The molecule has 0 radical (unpaired) electrons. The monoisotopic (exact) mass is 413 g/mol. The standard InChI is InChI=1S/C30H23NO/c32-23-24-20-21-31(22-24)29-18-16-28(17-19-29)30(25-10-4-1-5-11-25,26-12-6-2-7-13-26)27-14-8-3-9-15-27/h1-23H. The van der Waals surface area contributed by atoms with Crippen LogP contribution in [0.3, 0.4) is 0 Å². The maximum Gasteiger partial charge on any atom is 0.151 e. The van der Waals surface area contributed by atoms with Crippen molar-refractivity contribution in [3.05, 3.63) is 162 Å². The smallest absolute Gasteiger partial charge is 0.151 e. The topological polar surface area (TPSA) is 22.0 Å². The average molecular weight is 414 g/mol. The van der Waals surface area contributed by atoms with Crippen LogP contribution in [0.25, 0.3) is 5.69 Å². The molecule has 32 heavy (non-hydrogen) atoms. The molecule has 0 N–H and O–H groups in total. The lowest BCUT2D eigenvalue weighted by Crippen LogP contribution is -2.30. The van der Waals surface area contributed by atoms with Gasteiger partial charge in [-0.1, -0.05) is 103 Å². The Balaban J connectivity index is 1.75. The number of aldehydes is 1. The fraction of sp³-hybridized carbons (Fsp3) is 0.0333. The molecule has 0 aliphatic carbocycles. The van der Waals surface area contributed by atoms with Gasteiger partial charge in [-0.05, 0) is 40.5 Å². The lowest BCUT2D eigenvalue weighted by Gasteiger charge is -2.37. The summed E-state index contributed by atoms with van der Waals surface area (Å²) in [6, 6.07) is 42.5. The van der Waals surface area contributed by atoms with Gasteiger partial charge in [-0.15, -0.1) is 0 Å². The zero-order chi connectivity index (χ0) is 21.8. The van der Waals surface area contributed by atoms with Crippen LogP contribution in [0.5, 0.6) is 0 Å². The van der Waals surface area contributed by atoms with E-state index >= 15 is 0 Å². The van der Waals surface area contributed by atoms with E-state index in [9.17, 15) is 4.79 Å². The van der Waals surface area contributed by atoms with E-state index in [0.29, 0.717) is 5.56 Å². The molecule has 0 unspecified atom stereocenters. The SMILES string of the molecule is O=Cc1ccn(-c2ccc(C(c3ccccc3)(c3ccccc3)c3ccccc3)cc2)c1. The Morgan fingerprint density at radius 3 is 1.38 bits per heavy atom. The molecule has 1 heterocycles. The third-order valence-corrected chi connectivity index (χ3v) is 6.07. The molecule has 2 nitrogen and oxygen atoms in total. The van der Waals surface area contributed by atoms with Crippen molar-refractivity contribution in [2.45, 2.75) is 5.41 Å². The van der Waals surface area contributed by atoms with Gasteiger partial charge in [-0.25, -0.2) is 0 Å². The lowest BCUT2D eigenvalue weighted by atomic mass is 9.65. The summed E-state index contributed by atoms with van der Waals surface area (Å²) in [5.74, 6) is 0. The zero-order valence-electron chi connectivity index (χ0n) is 17.6. The van der Waals surface area contributed by atoms with Gasteiger partial charge in [-0.2, -0.15) is 0 Å². The number of hydrogen-bond acceptors (Lipinski definition) is 1. The van der Waals surface area contributed by atoms with Crippen molar-refractivity contribution in [2.24, 2.45) is 0 Å². The molecule has 0 bridgehead atoms. The largest absolute Gasteiger partial charge is 0.323 e. The van der Waals surface area contributed by atoms with Crippen LogP contribution >= 0.6 is 0 Å². The minimum Gasteiger partial charge on any atom is -0.323 e. The van der Waals surface area contributed by atoms with Crippen molar-refractivity contribution in [3.63, 3.8) is 0 Å². The molecule has 2 heteroatoms. The van der Waals surface area contributed by atoms with Crippen LogP contribution < -0.4 is 0 Å². The summed E-state index contributed by atoms with van der Waals surface area (Å²) < 4.78 is 1.97. The first-order valence-electron chi connectivity index (χ1n) is 10.7. The molecule has 0 fully saturated rings. The quantitative estimate of drug-likeness (QED) is 0.225. The minimum atomic E-state index is -0.451. The number of benzene rings is 4. The molecule has 154 valence electrons. The van der Waals surface area contributed by atoms with E-state index in [4.69, 9.17) is 0 Å². The Morgan fingerprint density at radius 1 is 0.531 bits per heavy atom. The van der Waals surface area contributed by atoms with Gasteiger partial charge in [0.15, 0.2) is 6.29 Å². The van der Waals surface area contributed by atoms with Crippen molar-refractivity contribution >= 4 is 6.29 Å². The molecule has 4 aromatic carbocycles. The first-order valence-corrected chi connectivity index (χ1v) is 10.7. The summed E-state index contributed by atoms with van der Waals surface area (Å²) in [6.45, 7) is 0. The molecule has 0 aliphatic rings. The Hall–Kier alpha value is -4.17. The second-order valence-corrected chi connectivity index (χ2v) is 7.86. The van der Waals surface area contributed by atoms with E-state index in [1.807, 2.05) is 23.0 Å². The highest BCUT2D eigenvalue weighted by Crippen LogP contribution is 2.45. The first-order chi connectivity index (χ1) is 15.8. The molecule has 0 amide bonds. The van der Waals surface area contributed by atoms with Crippen molar-refractivity contribution < 1.29 is 4.79 Å². The van der Waals surface area contributed by atoms with Crippen molar-refractivity contribution in [3.8, 4) is 5.69 Å². The number of rotatable bonds is 6. The highest BCUT2D eigenvalue weighted by Gasteiger charge is 2.38. The maximum atomic E-state index is 11.1. The lowest BCUT2D eigenvalue weighted by molar-refractivity contribution is 0.112.